The average Bonchev–Trinajstić information content (AvgIpc) is 3.49. The number of carbonyl (C=O) groups excluding carboxylic acids is 4. The lowest BCUT2D eigenvalue weighted by atomic mass is 10.0. The topological polar surface area (TPSA) is 275 Å². The van der Waals surface area contributed by atoms with Gasteiger partial charge in [0.1, 0.15) is 24.2 Å². The summed E-state index contributed by atoms with van der Waals surface area (Å²) in [5.41, 5.74) is 28.4. The van der Waals surface area contributed by atoms with Gasteiger partial charge in [-0.3, -0.25) is 19.2 Å². The van der Waals surface area contributed by atoms with Gasteiger partial charge in [0.2, 0.25) is 23.6 Å². The van der Waals surface area contributed by atoms with E-state index in [9.17, 15) is 29.1 Å². The highest BCUT2D eigenvalue weighted by atomic mass is 16.4. The van der Waals surface area contributed by atoms with Crippen molar-refractivity contribution in [2.24, 2.45) is 28.7 Å². The van der Waals surface area contributed by atoms with Crippen molar-refractivity contribution in [2.45, 2.75) is 120 Å². The molecular weight excluding hydrogens is 570 g/mol. The molecule has 1 fully saturated rings. The van der Waals surface area contributed by atoms with Gasteiger partial charge in [-0.05, 0) is 110 Å². The van der Waals surface area contributed by atoms with E-state index in [1.165, 1.54) is 4.90 Å². The number of rotatable bonds is 24. The first kappa shape index (κ1) is 39.2. The fourth-order valence-corrected chi connectivity index (χ4v) is 5.23. The maximum Gasteiger partial charge on any atom is 0.326 e. The Hall–Kier alpha value is -2.85. The third kappa shape index (κ3) is 14.3. The molecule has 4 amide bonds. The number of aliphatic carboxylic acids is 1. The Balaban J connectivity index is 3.03. The number of nitrogens with zero attached hydrogens (tertiary/aromatic N) is 1. The van der Waals surface area contributed by atoms with Gasteiger partial charge in [0.05, 0.1) is 6.04 Å². The molecule has 0 aromatic heterocycles. The minimum atomic E-state index is -1.18. The van der Waals surface area contributed by atoms with Gasteiger partial charge >= 0.3 is 5.97 Å². The Labute approximate surface area is 261 Å². The predicted octanol–water partition coefficient (Wildman–Crippen LogP) is -1.64. The zero-order chi connectivity index (χ0) is 32.9. The van der Waals surface area contributed by atoms with Crippen LogP contribution in [0.4, 0.5) is 0 Å². The molecule has 5 atom stereocenters. The van der Waals surface area contributed by atoms with E-state index in [1.807, 2.05) is 0 Å². The standard InChI is InChI=1S/C29H57N9O6/c30-15-5-1-10-20(34)28(42)38-19-9-14-24(38)27(41)36-22(12-3-7-17-32)25(39)35-21(11-2-6-16-31)26(40)37-23(29(43)44)13-4-8-18-33/h20-24H,1-19,30-34H2,(H,35,39)(H,36,41)(H,37,40)(H,43,44)/t20-,21-,22-,23-,24-/m0/s1. The van der Waals surface area contributed by atoms with Gasteiger partial charge in [-0.1, -0.05) is 6.42 Å². The Morgan fingerprint density at radius 3 is 1.57 bits per heavy atom. The summed E-state index contributed by atoms with van der Waals surface area (Å²) >= 11 is 0. The molecule has 1 aliphatic heterocycles. The van der Waals surface area contributed by atoms with Gasteiger partial charge in [0.15, 0.2) is 0 Å². The molecule has 15 heteroatoms. The SMILES string of the molecule is NCCCC[C@H](NC(=O)[C@H](CCCCN)NC(=O)[C@H](CCCCN)NC(=O)[C@@H]1CCCN1C(=O)[C@@H](N)CCCCN)C(=O)O. The number of hydrogen-bond acceptors (Lipinski definition) is 10. The molecule has 0 aromatic rings. The minimum Gasteiger partial charge on any atom is -0.480 e. The fourth-order valence-electron chi connectivity index (χ4n) is 5.23. The quantitative estimate of drug-likeness (QED) is 0.0547. The summed E-state index contributed by atoms with van der Waals surface area (Å²) in [5.74, 6) is -3.15. The molecule has 0 bridgehead atoms. The molecular formula is C29H57N9O6. The zero-order valence-electron chi connectivity index (χ0n) is 26.1. The molecule has 0 saturated carbocycles. The van der Waals surface area contributed by atoms with Crippen LogP contribution in [0, 0.1) is 0 Å². The highest BCUT2D eigenvalue weighted by Gasteiger charge is 2.38. The summed E-state index contributed by atoms with van der Waals surface area (Å²) in [7, 11) is 0. The second kappa shape index (κ2) is 22.6. The van der Waals surface area contributed by atoms with Gasteiger partial charge in [0, 0.05) is 6.54 Å². The number of carboxylic acids is 1. The van der Waals surface area contributed by atoms with Gasteiger partial charge < -0.3 is 54.6 Å². The predicted molar refractivity (Wildman–Crippen MR) is 168 cm³/mol. The molecule has 0 radical (unpaired) electrons. The highest BCUT2D eigenvalue weighted by Crippen LogP contribution is 2.20. The van der Waals surface area contributed by atoms with Crippen molar-refractivity contribution in [2.75, 3.05) is 32.7 Å². The Bertz CT molecular complexity index is 893. The van der Waals surface area contributed by atoms with Crippen molar-refractivity contribution in [1.82, 2.24) is 20.9 Å². The first-order chi connectivity index (χ1) is 21.1. The number of nitrogens with two attached hydrogens (primary N) is 5. The largest absolute Gasteiger partial charge is 0.480 e. The average molecular weight is 628 g/mol. The molecule has 1 saturated heterocycles. The van der Waals surface area contributed by atoms with E-state index < -0.39 is 53.9 Å². The Morgan fingerprint density at radius 2 is 1.09 bits per heavy atom. The van der Waals surface area contributed by atoms with Crippen LogP contribution in [0.15, 0.2) is 0 Å². The van der Waals surface area contributed by atoms with Crippen molar-refractivity contribution >= 4 is 29.6 Å². The van der Waals surface area contributed by atoms with Crippen molar-refractivity contribution in [3.8, 4) is 0 Å². The van der Waals surface area contributed by atoms with Gasteiger partial charge in [0.25, 0.3) is 0 Å². The van der Waals surface area contributed by atoms with Crippen LogP contribution in [-0.2, 0) is 24.0 Å². The van der Waals surface area contributed by atoms with Crippen molar-refractivity contribution in [3.05, 3.63) is 0 Å². The van der Waals surface area contributed by atoms with Crippen LogP contribution >= 0.6 is 0 Å². The highest BCUT2D eigenvalue weighted by molar-refractivity contribution is 5.95. The minimum absolute atomic E-state index is 0.201. The van der Waals surface area contributed by atoms with Gasteiger partial charge in [-0.2, -0.15) is 0 Å². The van der Waals surface area contributed by atoms with E-state index in [0.29, 0.717) is 96.9 Å². The number of hydrogen-bond donors (Lipinski definition) is 9. The summed E-state index contributed by atoms with van der Waals surface area (Å²) < 4.78 is 0. The summed E-state index contributed by atoms with van der Waals surface area (Å²) in [4.78, 5) is 66.5. The molecule has 254 valence electrons. The second-order valence-electron chi connectivity index (χ2n) is 11.5. The van der Waals surface area contributed by atoms with E-state index in [1.54, 1.807) is 0 Å². The van der Waals surface area contributed by atoms with E-state index in [0.717, 1.165) is 6.42 Å². The fraction of sp³-hybridized carbons (Fsp3) is 0.828. The summed E-state index contributed by atoms with van der Waals surface area (Å²) in [6.45, 7) is 2.10. The molecule has 15 nitrogen and oxygen atoms in total. The number of carboxylic acid groups (broad SMARTS) is 1. The second-order valence-corrected chi connectivity index (χ2v) is 11.5. The van der Waals surface area contributed by atoms with Crippen LogP contribution in [-0.4, -0.2) is 103 Å². The van der Waals surface area contributed by atoms with Gasteiger partial charge in [-0.15, -0.1) is 0 Å². The molecule has 0 aliphatic carbocycles. The van der Waals surface area contributed by atoms with Crippen molar-refractivity contribution in [3.63, 3.8) is 0 Å². The zero-order valence-corrected chi connectivity index (χ0v) is 26.1. The smallest absolute Gasteiger partial charge is 0.326 e. The molecule has 1 aliphatic rings. The monoisotopic (exact) mass is 627 g/mol. The van der Waals surface area contributed by atoms with Crippen LogP contribution in [0.5, 0.6) is 0 Å². The van der Waals surface area contributed by atoms with E-state index in [2.05, 4.69) is 16.0 Å². The molecule has 0 unspecified atom stereocenters. The molecule has 1 heterocycles. The lowest BCUT2D eigenvalue weighted by Crippen LogP contribution is -2.58. The van der Waals surface area contributed by atoms with Crippen LogP contribution in [0.2, 0.25) is 0 Å². The van der Waals surface area contributed by atoms with Crippen LogP contribution in [0.1, 0.15) is 89.9 Å². The summed E-state index contributed by atoms with van der Waals surface area (Å²) in [6.07, 6.45) is 7.12. The summed E-state index contributed by atoms with van der Waals surface area (Å²) in [5, 5.41) is 17.7. The van der Waals surface area contributed by atoms with Crippen molar-refractivity contribution < 1.29 is 29.1 Å². The Kier molecular flexibility index (Phi) is 20.1. The van der Waals surface area contributed by atoms with Crippen LogP contribution < -0.4 is 44.6 Å². The first-order valence-corrected chi connectivity index (χ1v) is 16.1. The molecule has 0 aromatic carbocycles. The van der Waals surface area contributed by atoms with Crippen molar-refractivity contribution in [1.29, 1.82) is 0 Å². The van der Waals surface area contributed by atoms with E-state index in [-0.39, 0.29) is 25.2 Å². The third-order valence-corrected chi connectivity index (χ3v) is 7.85. The maximum atomic E-state index is 13.5. The van der Waals surface area contributed by atoms with E-state index in [4.69, 9.17) is 28.7 Å². The summed E-state index contributed by atoms with van der Waals surface area (Å²) in [6, 6.07) is -4.65. The lowest BCUT2D eigenvalue weighted by molar-refractivity contribution is -0.142. The van der Waals surface area contributed by atoms with Crippen LogP contribution in [0.25, 0.3) is 0 Å². The number of nitrogens with one attached hydrogen (secondary N) is 3. The van der Waals surface area contributed by atoms with Crippen LogP contribution in [0.3, 0.4) is 0 Å². The molecule has 44 heavy (non-hydrogen) atoms. The molecule has 1 rings (SSSR count). The number of unbranched alkanes of at least 4 members (excludes halogenated alkanes) is 4. The number of likely N-dealkylation sites (tertiary alicyclic amines) is 1. The first-order valence-electron chi connectivity index (χ1n) is 16.1. The normalized spacial score (nSPS) is 17.4. The maximum absolute atomic E-state index is 13.5. The lowest BCUT2D eigenvalue weighted by Gasteiger charge is -2.29. The number of amides is 4. The van der Waals surface area contributed by atoms with Gasteiger partial charge in [-0.25, -0.2) is 4.79 Å². The number of carbonyl (C=O) groups is 5. The Morgan fingerprint density at radius 1 is 0.659 bits per heavy atom. The molecule has 14 N–H and O–H groups in total. The third-order valence-electron chi connectivity index (χ3n) is 7.85. The molecule has 0 spiro atoms. The van der Waals surface area contributed by atoms with E-state index >= 15 is 0 Å².